The highest BCUT2D eigenvalue weighted by molar-refractivity contribution is 9.10. The molecule has 0 saturated heterocycles. The van der Waals surface area contributed by atoms with Crippen LogP contribution in [0.25, 0.3) is 0 Å². The summed E-state index contributed by atoms with van der Waals surface area (Å²) in [7, 11) is 0. The Balaban J connectivity index is 2.15. The Hall–Kier alpha value is -1.000. The predicted molar refractivity (Wildman–Crippen MR) is 69.9 cm³/mol. The lowest BCUT2D eigenvalue weighted by Gasteiger charge is -2.13. The SMILES string of the molecule is CC(Nc1cc(F)cc(Cl)c1)c1ccc(Br)o1. The van der Waals surface area contributed by atoms with E-state index in [2.05, 4.69) is 21.2 Å². The molecule has 0 saturated carbocycles. The molecule has 2 nitrogen and oxygen atoms in total. The van der Waals surface area contributed by atoms with E-state index in [9.17, 15) is 4.39 Å². The zero-order valence-corrected chi connectivity index (χ0v) is 11.3. The summed E-state index contributed by atoms with van der Waals surface area (Å²) in [5.74, 6) is 0.394. The van der Waals surface area contributed by atoms with Crippen LogP contribution in [0.4, 0.5) is 10.1 Å². The van der Waals surface area contributed by atoms with Crippen LogP contribution in [0.3, 0.4) is 0 Å². The van der Waals surface area contributed by atoms with Gasteiger partial charge in [0.1, 0.15) is 11.6 Å². The van der Waals surface area contributed by atoms with Crippen molar-refractivity contribution in [1.82, 2.24) is 0 Å². The largest absolute Gasteiger partial charge is 0.452 e. The number of rotatable bonds is 3. The molecule has 0 spiro atoms. The molecule has 0 aliphatic rings. The Morgan fingerprint density at radius 1 is 1.35 bits per heavy atom. The molecule has 0 aliphatic carbocycles. The molecule has 1 aromatic carbocycles. The minimum absolute atomic E-state index is 0.0702. The first-order valence-corrected chi connectivity index (χ1v) is 6.19. The highest BCUT2D eigenvalue weighted by Crippen LogP contribution is 2.25. The van der Waals surface area contributed by atoms with Crippen LogP contribution in [0.5, 0.6) is 0 Å². The fraction of sp³-hybridized carbons (Fsp3) is 0.167. The van der Waals surface area contributed by atoms with Crippen LogP contribution in [-0.2, 0) is 0 Å². The number of furan rings is 1. The van der Waals surface area contributed by atoms with E-state index < -0.39 is 0 Å². The summed E-state index contributed by atoms with van der Waals surface area (Å²) in [4.78, 5) is 0. The monoisotopic (exact) mass is 317 g/mol. The lowest BCUT2D eigenvalue weighted by atomic mass is 10.2. The molecule has 2 rings (SSSR count). The molecule has 1 aromatic heterocycles. The van der Waals surface area contributed by atoms with E-state index in [0.29, 0.717) is 15.4 Å². The Morgan fingerprint density at radius 3 is 2.71 bits per heavy atom. The third-order valence-electron chi connectivity index (χ3n) is 2.27. The maximum atomic E-state index is 13.1. The second kappa shape index (κ2) is 5.10. The van der Waals surface area contributed by atoms with Crippen molar-refractivity contribution in [3.63, 3.8) is 0 Å². The standard InChI is InChI=1S/C12H10BrClFNO/c1-7(11-2-3-12(13)17-11)16-10-5-8(14)4-9(15)6-10/h2-7,16H,1H3. The third kappa shape index (κ3) is 3.23. The molecule has 5 heteroatoms. The molecule has 0 radical (unpaired) electrons. The highest BCUT2D eigenvalue weighted by atomic mass is 79.9. The van der Waals surface area contributed by atoms with Crippen molar-refractivity contribution in [2.75, 3.05) is 5.32 Å². The van der Waals surface area contributed by atoms with Crippen molar-refractivity contribution in [3.8, 4) is 0 Å². The van der Waals surface area contributed by atoms with Gasteiger partial charge >= 0.3 is 0 Å². The maximum absolute atomic E-state index is 13.1. The summed E-state index contributed by atoms with van der Waals surface area (Å²) in [6.45, 7) is 1.92. The van der Waals surface area contributed by atoms with Crippen molar-refractivity contribution in [2.24, 2.45) is 0 Å². The number of anilines is 1. The van der Waals surface area contributed by atoms with Gasteiger partial charge in [0.15, 0.2) is 4.67 Å². The van der Waals surface area contributed by atoms with E-state index in [1.807, 2.05) is 19.1 Å². The van der Waals surface area contributed by atoms with E-state index >= 15 is 0 Å². The summed E-state index contributed by atoms with van der Waals surface area (Å²) in [6.07, 6.45) is 0. The Kier molecular flexibility index (Phi) is 3.74. The first-order chi connectivity index (χ1) is 8.04. The van der Waals surface area contributed by atoms with Crippen LogP contribution in [-0.4, -0.2) is 0 Å². The molecule has 0 amide bonds. The lowest BCUT2D eigenvalue weighted by Crippen LogP contribution is -2.05. The average Bonchev–Trinajstić information content (AvgIpc) is 2.63. The second-order valence-electron chi connectivity index (χ2n) is 3.67. The first-order valence-electron chi connectivity index (χ1n) is 5.02. The number of hydrogen-bond donors (Lipinski definition) is 1. The molecule has 90 valence electrons. The zero-order chi connectivity index (χ0) is 12.4. The van der Waals surface area contributed by atoms with Gasteiger partial charge in [-0.2, -0.15) is 0 Å². The van der Waals surface area contributed by atoms with Crippen LogP contribution >= 0.6 is 27.5 Å². The summed E-state index contributed by atoms with van der Waals surface area (Å²) in [5, 5.41) is 3.48. The minimum atomic E-state index is -0.368. The van der Waals surface area contributed by atoms with Crippen molar-refractivity contribution in [2.45, 2.75) is 13.0 Å². The van der Waals surface area contributed by atoms with Crippen LogP contribution in [0.1, 0.15) is 18.7 Å². The third-order valence-corrected chi connectivity index (χ3v) is 2.91. The summed E-state index contributed by atoms with van der Waals surface area (Å²) >= 11 is 9.01. The van der Waals surface area contributed by atoms with Gasteiger partial charge in [0.2, 0.25) is 0 Å². The molecule has 0 aliphatic heterocycles. The van der Waals surface area contributed by atoms with Crippen molar-refractivity contribution < 1.29 is 8.81 Å². The predicted octanol–water partition coefficient (Wildman–Crippen LogP) is 5.01. The molecule has 0 fully saturated rings. The van der Waals surface area contributed by atoms with Gasteiger partial charge in [-0.1, -0.05) is 11.6 Å². The molecule has 2 aromatic rings. The molecule has 17 heavy (non-hydrogen) atoms. The van der Waals surface area contributed by atoms with Gasteiger partial charge in [-0.05, 0) is 53.2 Å². The summed E-state index contributed by atoms with van der Waals surface area (Å²) < 4.78 is 19.2. The van der Waals surface area contributed by atoms with Crippen LogP contribution < -0.4 is 5.32 Å². The number of benzene rings is 1. The topological polar surface area (TPSA) is 25.2 Å². The second-order valence-corrected chi connectivity index (χ2v) is 4.88. The average molecular weight is 319 g/mol. The van der Waals surface area contributed by atoms with Crippen LogP contribution in [0, 0.1) is 5.82 Å². The molecule has 1 unspecified atom stereocenters. The van der Waals surface area contributed by atoms with Gasteiger partial charge in [0, 0.05) is 10.7 Å². The molecule has 1 heterocycles. The van der Waals surface area contributed by atoms with Crippen molar-refractivity contribution >= 4 is 33.2 Å². The van der Waals surface area contributed by atoms with Gasteiger partial charge in [0.25, 0.3) is 0 Å². The van der Waals surface area contributed by atoms with E-state index in [1.54, 1.807) is 6.07 Å². The quantitative estimate of drug-likeness (QED) is 0.860. The molecular formula is C12H10BrClFNO. The highest BCUT2D eigenvalue weighted by Gasteiger charge is 2.10. The summed E-state index contributed by atoms with van der Waals surface area (Å²) in [5.41, 5.74) is 0.620. The van der Waals surface area contributed by atoms with Crippen molar-refractivity contribution in [3.05, 3.63) is 51.6 Å². The molecule has 1 N–H and O–H groups in total. The van der Waals surface area contributed by atoms with Crippen LogP contribution in [0.2, 0.25) is 5.02 Å². The van der Waals surface area contributed by atoms with Gasteiger partial charge in [-0.15, -0.1) is 0 Å². The van der Waals surface area contributed by atoms with E-state index in [0.717, 1.165) is 5.76 Å². The normalized spacial score (nSPS) is 12.5. The number of halogens is 3. The minimum Gasteiger partial charge on any atom is -0.452 e. The molecule has 1 atom stereocenters. The summed E-state index contributed by atoms with van der Waals surface area (Å²) in [6, 6.07) is 7.91. The Labute approximate surface area is 112 Å². The fourth-order valence-electron chi connectivity index (χ4n) is 1.52. The zero-order valence-electron chi connectivity index (χ0n) is 9.01. The molecular weight excluding hydrogens is 308 g/mol. The number of hydrogen-bond acceptors (Lipinski definition) is 2. The Bertz CT molecular complexity index is 509. The smallest absolute Gasteiger partial charge is 0.169 e. The van der Waals surface area contributed by atoms with E-state index in [4.69, 9.17) is 16.0 Å². The van der Waals surface area contributed by atoms with E-state index in [1.165, 1.54) is 12.1 Å². The molecule has 0 bridgehead atoms. The Morgan fingerprint density at radius 2 is 2.12 bits per heavy atom. The van der Waals surface area contributed by atoms with Gasteiger partial charge in [-0.25, -0.2) is 4.39 Å². The lowest BCUT2D eigenvalue weighted by molar-refractivity contribution is 0.471. The first kappa shape index (κ1) is 12.5. The number of nitrogens with one attached hydrogen (secondary N) is 1. The van der Waals surface area contributed by atoms with Crippen molar-refractivity contribution in [1.29, 1.82) is 0 Å². The van der Waals surface area contributed by atoms with Gasteiger partial charge in [0.05, 0.1) is 6.04 Å². The van der Waals surface area contributed by atoms with Crippen LogP contribution in [0.15, 0.2) is 39.4 Å². The fourth-order valence-corrected chi connectivity index (χ4v) is 2.06. The van der Waals surface area contributed by atoms with E-state index in [-0.39, 0.29) is 11.9 Å². The van der Waals surface area contributed by atoms with Gasteiger partial charge < -0.3 is 9.73 Å². The van der Waals surface area contributed by atoms with Gasteiger partial charge in [-0.3, -0.25) is 0 Å². The maximum Gasteiger partial charge on any atom is 0.169 e.